The third-order valence-corrected chi connectivity index (χ3v) is 4.03. The molecule has 2 heterocycles. The Kier molecular flexibility index (Phi) is 3.52. The summed E-state index contributed by atoms with van der Waals surface area (Å²) in [7, 11) is 2.19. The molecule has 0 aromatic heterocycles. The Morgan fingerprint density at radius 3 is 3.22 bits per heavy atom. The van der Waals surface area contributed by atoms with E-state index in [1.165, 1.54) is 29.7 Å². The molecule has 3 heteroatoms. The topological polar surface area (TPSA) is 24.5 Å². The van der Waals surface area contributed by atoms with Gasteiger partial charge in [0, 0.05) is 32.4 Å². The van der Waals surface area contributed by atoms with Gasteiger partial charge in [0.2, 0.25) is 0 Å². The predicted molar refractivity (Wildman–Crippen MR) is 74.1 cm³/mol. The molecule has 2 aliphatic rings. The molecule has 1 aromatic rings. The number of benzene rings is 1. The van der Waals surface area contributed by atoms with Crippen molar-refractivity contribution in [2.24, 2.45) is 0 Å². The van der Waals surface area contributed by atoms with Crippen LogP contribution in [0.4, 0.5) is 5.69 Å². The van der Waals surface area contributed by atoms with Crippen LogP contribution < -0.4 is 10.2 Å². The molecule has 3 rings (SSSR count). The van der Waals surface area contributed by atoms with Crippen molar-refractivity contribution in [1.29, 1.82) is 0 Å². The average Bonchev–Trinajstić information content (AvgIpc) is 2.91. The molecule has 1 atom stereocenters. The molecule has 0 aliphatic carbocycles. The number of hydrogen-bond donors (Lipinski definition) is 1. The predicted octanol–water partition coefficient (Wildman–Crippen LogP) is 1.95. The first-order valence-electron chi connectivity index (χ1n) is 6.99. The van der Waals surface area contributed by atoms with Crippen LogP contribution in [0, 0.1) is 0 Å². The molecule has 18 heavy (non-hydrogen) atoms. The van der Waals surface area contributed by atoms with Gasteiger partial charge >= 0.3 is 0 Å². The van der Waals surface area contributed by atoms with E-state index in [4.69, 9.17) is 4.74 Å². The van der Waals surface area contributed by atoms with Crippen molar-refractivity contribution in [2.45, 2.75) is 31.9 Å². The summed E-state index contributed by atoms with van der Waals surface area (Å²) in [6.45, 7) is 4.05. The first-order chi connectivity index (χ1) is 8.84. The van der Waals surface area contributed by atoms with Crippen molar-refractivity contribution >= 4 is 5.69 Å². The third-order valence-electron chi connectivity index (χ3n) is 4.03. The Hall–Kier alpha value is -1.06. The summed E-state index contributed by atoms with van der Waals surface area (Å²) in [5.74, 6) is 0. The van der Waals surface area contributed by atoms with Crippen molar-refractivity contribution < 1.29 is 4.74 Å². The number of hydrogen-bond acceptors (Lipinski definition) is 3. The first-order valence-corrected chi connectivity index (χ1v) is 6.99. The fourth-order valence-corrected chi connectivity index (χ4v) is 3.05. The third kappa shape index (κ3) is 2.38. The molecule has 0 radical (unpaired) electrons. The molecule has 0 bridgehead atoms. The lowest BCUT2D eigenvalue weighted by atomic mass is 9.98. The lowest BCUT2D eigenvalue weighted by molar-refractivity contribution is 0.116. The van der Waals surface area contributed by atoms with Gasteiger partial charge in [-0.25, -0.2) is 0 Å². The second-order valence-electron chi connectivity index (χ2n) is 5.36. The lowest BCUT2D eigenvalue weighted by Crippen LogP contribution is -2.31. The van der Waals surface area contributed by atoms with Crippen LogP contribution in [0.3, 0.4) is 0 Å². The fourth-order valence-electron chi connectivity index (χ4n) is 3.05. The summed E-state index contributed by atoms with van der Waals surface area (Å²) in [6.07, 6.45) is 3.99. The zero-order valence-corrected chi connectivity index (χ0v) is 11.1. The quantitative estimate of drug-likeness (QED) is 0.882. The molecule has 0 amide bonds. The molecule has 1 N–H and O–H groups in total. The smallest absolute Gasteiger partial charge is 0.0750 e. The summed E-state index contributed by atoms with van der Waals surface area (Å²) in [4.78, 5) is 2.36. The summed E-state index contributed by atoms with van der Waals surface area (Å²) in [5, 5.41) is 3.47. The van der Waals surface area contributed by atoms with Gasteiger partial charge in [0.1, 0.15) is 0 Å². The molecule has 1 unspecified atom stereocenters. The number of nitrogens with one attached hydrogen (secondary N) is 1. The van der Waals surface area contributed by atoms with E-state index in [0.29, 0.717) is 6.10 Å². The molecule has 3 nitrogen and oxygen atoms in total. The van der Waals surface area contributed by atoms with Gasteiger partial charge in [0.15, 0.2) is 0 Å². The van der Waals surface area contributed by atoms with Crippen LogP contribution >= 0.6 is 0 Å². The van der Waals surface area contributed by atoms with E-state index < -0.39 is 0 Å². The Morgan fingerprint density at radius 2 is 2.39 bits per heavy atom. The van der Waals surface area contributed by atoms with Gasteiger partial charge in [0.05, 0.1) is 6.10 Å². The maximum Gasteiger partial charge on any atom is 0.0750 e. The number of rotatable bonds is 3. The van der Waals surface area contributed by atoms with E-state index in [2.05, 4.69) is 35.5 Å². The van der Waals surface area contributed by atoms with Crippen LogP contribution in [0.5, 0.6) is 0 Å². The van der Waals surface area contributed by atoms with Crippen LogP contribution in [0.25, 0.3) is 0 Å². The Bertz CT molecular complexity index is 413. The normalized spacial score (nSPS) is 22.8. The minimum atomic E-state index is 0.419. The highest BCUT2D eigenvalue weighted by Gasteiger charge is 2.20. The van der Waals surface area contributed by atoms with Crippen LogP contribution in [-0.2, 0) is 17.7 Å². The molecule has 1 fully saturated rings. The second kappa shape index (κ2) is 5.29. The Labute approximate surface area is 109 Å². The molecule has 0 spiro atoms. The molecule has 0 saturated carbocycles. The highest BCUT2D eigenvalue weighted by atomic mass is 16.5. The summed E-state index contributed by atoms with van der Waals surface area (Å²) in [5.41, 5.74) is 4.35. The van der Waals surface area contributed by atoms with Gasteiger partial charge in [-0.15, -0.1) is 0 Å². The van der Waals surface area contributed by atoms with Crippen LogP contribution in [-0.4, -0.2) is 32.8 Å². The SMILES string of the molecule is CN(CC1CCCO1)c1cccc2c1CNCC2. The van der Waals surface area contributed by atoms with Gasteiger partial charge < -0.3 is 15.0 Å². The van der Waals surface area contributed by atoms with E-state index in [1.807, 2.05) is 0 Å². The summed E-state index contributed by atoms with van der Waals surface area (Å²) >= 11 is 0. The minimum absolute atomic E-state index is 0.419. The van der Waals surface area contributed by atoms with Gasteiger partial charge in [-0.3, -0.25) is 0 Å². The van der Waals surface area contributed by atoms with E-state index in [-0.39, 0.29) is 0 Å². The number of fused-ring (bicyclic) bond motifs is 1. The van der Waals surface area contributed by atoms with Gasteiger partial charge in [-0.1, -0.05) is 12.1 Å². The number of anilines is 1. The standard InChI is InChI=1S/C15H22N2O/c1-17(11-13-5-3-9-18-13)15-6-2-4-12-7-8-16-10-14(12)15/h2,4,6,13,16H,3,5,7-11H2,1H3. The Balaban J connectivity index is 1.78. The maximum atomic E-state index is 5.73. The maximum absolute atomic E-state index is 5.73. The van der Waals surface area contributed by atoms with E-state index in [1.54, 1.807) is 0 Å². The fraction of sp³-hybridized carbons (Fsp3) is 0.600. The summed E-state index contributed by atoms with van der Waals surface area (Å²) in [6, 6.07) is 6.69. The van der Waals surface area contributed by atoms with Crippen LogP contribution in [0.15, 0.2) is 18.2 Å². The van der Waals surface area contributed by atoms with E-state index in [9.17, 15) is 0 Å². The van der Waals surface area contributed by atoms with Crippen molar-refractivity contribution in [1.82, 2.24) is 5.32 Å². The van der Waals surface area contributed by atoms with Crippen molar-refractivity contribution in [3.8, 4) is 0 Å². The minimum Gasteiger partial charge on any atom is -0.376 e. The van der Waals surface area contributed by atoms with Crippen molar-refractivity contribution in [3.05, 3.63) is 29.3 Å². The highest BCUT2D eigenvalue weighted by molar-refractivity contribution is 5.57. The monoisotopic (exact) mass is 246 g/mol. The largest absolute Gasteiger partial charge is 0.376 e. The molecule has 1 aromatic carbocycles. The van der Waals surface area contributed by atoms with Gasteiger partial charge in [0.25, 0.3) is 0 Å². The summed E-state index contributed by atoms with van der Waals surface area (Å²) < 4.78 is 5.73. The zero-order valence-electron chi connectivity index (χ0n) is 11.1. The van der Waals surface area contributed by atoms with Gasteiger partial charge in [-0.05, 0) is 43.0 Å². The molecule has 98 valence electrons. The van der Waals surface area contributed by atoms with Crippen LogP contribution in [0.1, 0.15) is 24.0 Å². The molecule has 2 aliphatic heterocycles. The second-order valence-corrected chi connectivity index (χ2v) is 5.36. The Morgan fingerprint density at radius 1 is 1.44 bits per heavy atom. The van der Waals surface area contributed by atoms with Gasteiger partial charge in [-0.2, -0.15) is 0 Å². The van der Waals surface area contributed by atoms with E-state index >= 15 is 0 Å². The highest BCUT2D eigenvalue weighted by Crippen LogP contribution is 2.26. The molecular formula is C15H22N2O. The molecular weight excluding hydrogens is 224 g/mol. The lowest BCUT2D eigenvalue weighted by Gasteiger charge is -2.28. The number of likely N-dealkylation sites (N-methyl/N-ethyl adjacent to an activating group) is 1. The number of ether oxygens (including phenoxy) is 1. The van der Waals surface area contributed by atoms with Crippen molar-refractivity contribution in [2.75, 3.05) is 31.6 Å². The first kappa shape index (κ1) is 12.0. The van der Waals surface area contributed by atoms with Crippen molar-refractivity contribution in [3.63, 3.8) is 0 Å². The zero-order chi connectivity index (χ0) is 12.4. The number of nitrogens with zero attached hydrogens (tertiary/aromatic N) is 1. The molecule has 1 saturated heterocycles. The van der Waals surface area contributed by atoms with Crippen LogP contribution in [0.2, 0.25) is 0 Å². The average molecular weight is 246 g/mol. The van der Waals surface area contributed by atoms with E-state index in [0.717, 1.165) is 32.7 Å².